The SMILES string of the molecule is CCCC(C1=CC=CC2CC12)c1ccccc1. The highest BCUT2D eigenvalue weighted by molar-refractivity contribution is 5.39. The van der Waals surface area contributed by atoms with E-state index in [1.807, 2.05) is 0 Å². The van der Waals surface area contributed by atoms with Gasteiger partial charge in [0, 0.05) is 5.92 Å². The first-order chi connectivity index (χ1) is 8.40. The number of allylic oxidation sites excluding steroid dienone is 4. The van der Waals surface area contributed by atoms with Crippen LogP contribution in [0.4, 0.5) is 0 Å². The van der Waals surface area contributed by atoms with Crippen molar-refractivity contribution in [1.29, 1.82) is 0 Å². The molecular formula is C17H20. The van der Waals surface area contributed by atoms with E-state index < -0.39 is 0 Å². The van der Waals surface area contributed by atoms with Crippen molar-refractivity contribution in [1.82, 2.24) is 0 Å². The maximum absolute atomic E-state index is 2.38. The van der Waals surface area contributed by atoms with Gasteiger partial charge in [-0.2, -0.15) is 0 Å². The van der Waals surface area contributed by atoms with Crippen LogP contribution in [0.25, 0.3) is 0 Å². The summed E-state index contributed by atoms with van der Waals surface area (Å²) in [6.07, 6.45) is 11.0. The van der Waals surface area contributed by atoms with E-state index in [9.17, 15) is 0 Å². The standard InChI is InChI=1S/C17H20/c1-2-7-15(13-8-4-3-5-9-13)16-11-6-10-14-12-17(14)16/h3-6,8-11,14-15,17H,2,7,12H2,1H3. The first-order valence-electron chi connectivity index (χ1n) is 6.83. The maximum Gasteiger partial charge on any atom is 0.00541 e. The van der Waals surface area contributed by atoms with Gasteiger partial charge >= 0.3 is 0 Å². The average molecular weight is 224 g/mol. The second-order valence-electron chi connectivity index (χ2n) is 5.31. The molecule has 0 saturated heterocycles. The number of rotatable bonds is 4. The first-order valence-corrected chi connectivity index (χ1v) is 6.83. The van der Waals surface area contributed by atoms with E-state index >= 15 is 0 Å². The van der Waals surface area contributed by atoms with Crippen LogP contribution in [0, 0.1) is 11.8 Å². The molecule has 3 unspecified atom stereocenters. The summed E-state index contributed by atoms with van der Waals surface area (Å²) in [5.41, 5.74) is 3.19. The Morgan fingerprint density at radius 3 is 2.82 bits per heavy atom. The van der Waals surface area contributed by atoms with Gasteiger partial charge in [-0.3, -0.25) is 0 Å². The van der Waals surface area contributed by atoms with Crippen molar-refractivity contribution in [2.24, 2.45) is 11.8 Å². The van der Waals surface area contributed by atoms with Gasteiger partial charge in [0.05, 0.1) is 0 Å². The lowest BCUT2D eigenvalue weighted by atomic mass is 9.83. The van der Waals surface area contributed by atoms with Crippen molar-refractivity contribution in [3.05, 3.63) is 59.7 Å². The largest absolute Gasteiger partial charge is 0.0808 e. The Labute approximate surface area is 104 Å². The fourth-order valence-electron chi connectivity index (χ4n) is 3.12. The zero-order valence-electron chi connectivity index (χ0n) is 10.5. The normalized spacial score (nSPS) is 27.2. The molecule has 88 valence electrons. The Morgan fingerprint density at radius 2 is 2.06 bits per heavy atom. The summed E-state index contributed by atoms with van der Waals surface area (Å²) in [5, 5.41) is 0. The van der Waals surface area contributed by atoms with E-state index in [0.717, 1.165) is 11.8 Å². The van der Waals surface area contributed by atoms with Crippen molar-refractivity contribution in [2.75, 3.05) is 0 Å². The summed E-state index contributed by atoms with van der Waals surface area (Å²) in [4.78, 5) is 0. The van der Waals surface area contributed by atoms with E-state index in [1.165, 1.54) is 24.8 Å². The quantitative estimate of drug-likeness (QED) is 0.695. The lowest BCUT2D eigenvalue weighted by Gasteiger charge is -2.22. The molecular weight excluding hydrogens is 204 g/mol. The van der Waals surface area contributed by atoms with Crippen LogP contribution in [0.2, 0.25) is 0 Å². The summed E-state index contributed by atoms with van der Waals surface area (Å²) in [5.74, 6) is 2.37. The first kappa shape index (κ1) is 10.8. The molecule has 0 aliphatic heterocycles. The van der Waals surface area contributed by atoms with E-state index in [0.29, 0.717) is 5.92 Å². The van der Waals surface area contributed by atoms with Crippen LogP contribution >= 0.6 is 0 Å². The number of fused-ring (bicyclic) bond motifs is 1. The molecule has 0 spiro atoms. The zero-order valence-corrected chi connectivity index (χ0v) is 10.5. The van der Waals surface area contributed by atoms with Crippen LogP contribution in [-0.4, -0.2) is 0 Å². The van der Waals surface area contributed by atoms with Gasteiger partial charge in [0.1, 0.15) is 0 Å². The Balaban J connectivity index is 1.90. The highest BCUT2D eigenvalue weighted by Crippen LogP contribution is 2.52. The van der Waals surface area contributed by atoms with Crippen LogP contribution in [0.1, 0.15) is 37.7 Å². The van der Waals surface area contributed by atoms with Gasteiger partial charge in [-0.15, -0.1) is 0 Å². The lowest BCUT2D eigenvalue weighted by Crippen LogP contribution is -2.06. The minimum atomic E-state index is 0.654. The third-order valence-corrected chi connectivity index (χ3v) is 4.10. The summed E-state index contributed by atoms with van der Waals surface area (Å²) in [7, 11) is 0. The molecule has 0 bridgehead atoms. The monoisotopic (exact) mass is 224 g/mol. The molecule has 1 aromatic rings. The molecule has 0 heterocycles. The predicted molar refractivity (Wildman–Crippen MR) is 72.9 cm³/mol. The molecule has 17 heavy (non-hydrogen) atoms. The van der Waals surface area contributed by atoms with Crippen molar-refractivity contribution >= 4 is 0 Å². The van der Waals surface area contributed by atoms with Gasteiger partial charge in [-0.1, -0.05) is 67.5 Å². The van der Waals surface area contributed by atoms with Crippen molar-refractivity contribution in [2.45, 2.75) is 32.1 Å². The van der Waals surface area contributed by atoms with E-state index in [1.54, 1.807) is 5.57 Å². The van der Waals surface area contributed by atoms with Crippen LogP contribution in [0.5, 0.6) is 0 Å². The van der Waals surface area contributed by atoms with E-state index in [2.05, 4.69) is 55.5 Å². The molecule has 3 rings (SSSR count). The second kappa shape index (κ2) is 4.52. The predicted octanol–water partition coefficient (Wildman–Crippen LogP) is 4.70. The van der Waals surface area contributed by atoms with Crippen LogP contribution in [0.3, 0.4) is 0 Å². The molecule has 1 fully saturated rings. The van der Waals surface area contributed by atoms with E-state index in [4.69, 9.17) is 0 Å². The average Bonchev–Trinajstić information content (AvgIpc) is 3.16. The van der Waals surface area contributed by atoms with Crippen LogP contribution in [-0.2, 0) is 0 Å². The van der Waals surface area contributed by atoms with Crippen molar-refractivity contribution in [3.63, 3.8) is 0 Å². The summed E-state index contributed by atoms with van der Waals surface area (Å²) in [6, 6.07) is 11.0. The molecule has 3 atom stereocenters. The zero-order chi connectivity index (χ0) is 11.7. The third kappa shape index (κ3) is 2.09. The van der Waals surface area contributed by atoms with Crippen LogP contribution < -0.4 is 0 Å². The number of hydrogen-bond donors (Lipinski definition) is 0. The minimum Gasteiger partial charge on any atom is -0.0808 e. The summed E-state index contributed by atoms with van der Waals surface area (Å²) >= 11 is 0. The van der Waals surface area contributed by atoms with E-state index in [-0.39, 0.29) is 0 Å². The molecule has 2 aliphatic carbocycles. The fourth-order valence-corrected chi connectivity index (χ4v) is 3.12. The third-order valence-electron chi connectivity index (χ3n) is 4.10. The van der Waals surface area contributed by atoms with Gasteiger partial charge in [-0.25, -0.2) is 0 Å². The molecule has 0 amide bonds. The summed E-state index contributed by atoms with van der Waals surface area (Å²) in [6.45, 7) is 2.29. The Kier molecular flexibility index (Phi) is 2.88. The molecule has 2 aliphatic rings. The van der Waals surface area contributed by atoms with Gasteiger partial charge in [0.2, 0.25) is 0 Å². The second-order valence-corrected chi connectivity index (χ2v) is 5.31. The molecule has 0 N–H and O–H groups in total. The molecule has 0 heteroatoms. The molecule has 0 nitrogen and oxygen atoms in total. The van der Waals surface area contributed by atoms with Gasteiger partial charge in [-0.05, 0) is 30.2 Å². The Morgan fingerprint density at radius 1 is 1.24 bits per heavy atom. The van der Waals surface area contributed by atoms with Crippen LogP contribution in [0.15, 0.2) is 54.1 Å². The molecule has 1 saturated carbocycles. The molecule has 0 aromatic heterocycles. The van der Waals surface area contributed by atoms with Gasteiger partial charge in [0.25, 0.3) is 0 Å². The lowest BCUT2D eigenvalue weighted by molar-refractivity contribution is 0.643. The topological polar surface area (TPSA) is 0 Å². The molecule has 1 aromatic carbocycles. The van der Waals surface area contributed by atoms with Crippen molar-refractivity contribution in [3.8, 4) is 0 Å². The summed E-state index contributed by atoms with van der Waals surface area (Å²) < 4.78 is 0. The van der Waals surface area contributed by atoms with Gasteiger partial charge in [0.15, 0.2) is 0 Å². The maximum atomic E-state index is 2.38. The number of hydrogen-bond acceptors (Lipinski definition) is 0. The fraction of sp³-hybridized carbons (Fsp3) is 0.412. The molecule has 0 radical (unpaired) electrons. The van der Waals surface area contributed by atoms with Gasteiger partial charge < -0.3 is 0 Å². The number of benzene rings is 1. The highest BCUT2D eigenvalue weighted by atomic mass is 14.5. The van der Waals surface area contributed by atoms with Crippen molar-refractivity contribution < 1.29 is 0 Å². The Hall–Kier alpha value is -1.30. The highest BCUT2D eigenvalue weighted by Gasteiger charge is 2.41. The smallest absolute Gasteiger partial charge is 0.00541 e. The Bertz CT molecular complexity index is 438. The minimum absolute atomic E-state index is 0.654.